The minimum absolute atomic E-state index is 0.623. The monoisotopic (exact) mass is 499 g/mol. The summed E-state index contributed by atoms with van der Waals surface area (Å²) in [4.78, 5) is 18.1. The molecular formula is C34H21N5. The van der Waals surface area contributed by atoms with E-state index in [-0.39, 0.29) is 0 Å². The molecule has 2 heterocycles. The minimum atomic E-state index is 0.623. The summed E-state index contributed by atoms with van der Waals surface area (Å²) in [6.07, 6.45) is 0. The van der Waals surface area contributed by atoms with Crippen LogP contribution in [0.25, 0.3) is 66.5 Å². The van der Waals surface area contributed by atoms with Crippen molar-refractivity contribution in [1.82, 2.24) is 19.5 Å². The van der Waals surface area contributed by atoms with Gasteiger partial charge in [0.25, 0.3) is 0 Å². The molecule has 182 valence electrons. The van der Waals surface area contributed by atoms with Crippen LogP contribution in [0, 0.1) is 6.57 Å². The molecule has 7 rings (SSSR count). The Balaban J connectivity index is 1.37. The second-order valence-corrected chi connectivity index (χ2v) is 9.25. The zero-order valence-electron chi connectivity index (χ0n) is 20.9. The molecule has 0 amide bonds. The van der Waals surface area contributed by atoms with Gasteiger partial charge in [0.15, 0.2) is 23.2 Å². The molecule has 0 aliphatic rings. The number of benzene rings is 5. The van der Waals surface area contributed by atoms with Crippen molar-refractivity contribution >= 4 is 27.5 Å². The summed E-state index contributed by atoms with van der Waals surface area (Å²) in [6.45, 7) is 7.45. The van der Waals surface area contributed by atoms with Crippen molar-refractivity contribution in [2.24, 2.45) is 0 Å². The SMILES string of the molecule is [C-]#[N+]c1ccc2c(c1)c1ccccc1n2-c1ccc(-c2nc(-c3ccccc3)nc(-c3ccccc3)n2)cc1. The molecule has 0 aliphatic carbocycles. The standard InChI is InChI=1S/C34H21N5/c1-35-26-18-21-31-29(22-26)28-14-8-9-15-30(28)39(31)27-19-16-25(17-20-27)34-37-32(23-10-4-2-5-11-23)36-33(38-34)24-12-6-3-7-13-24/h2-22H. The van der Waals surface area contributed by atoms with Gasteiger partial charge >= 0.3 is 0 Å². The molecule has 0 bridgehead atoms. The Kier molecular flexibility index (Phi) is 5.42. The van der Waals surface area contributed by atoms with Gasteiger partial charge in [-0.05, 0) is 47.9 Å². The first-order valence-electron chi connectivity index (χ1n) is 12.7. The van der Waals surface area contributed by atoms with Crippen LogP contribution >= 0.6 is 0 Å². The highest BCUT2D eigenvalue weighted by Crippen LogP contribution is 2.35. The molecule has 0 fully saturated rings. The zero-order chi connectivity index (χ0) is 26.2. The molecule has 5 aromatic carbocycles. The van der Waals surface area contributed by atoms with Crippen molar-refractivity contribution in [3.8, 4) is 39.9 Å². The molecule has 0 aliphatic heterocycles. The van der Waals surface area contributed by atoms with Gasteiger partial charge < -0.3 is 4.57 Å². The quantitative estimate of drug-likeness (QED) is 0.228. The van der Waals surface area contributed by atoms with Crippen molar-refractivity contribution < 1.29 is 0 Å². The highest BCUT2D eigenvalue weighted by molar-refractivity contribution is 6.10. The lowest BCUT2D eigenvalue weighted by atomic mass is 10.1. The third-order valence-electron chi connectivity index (χ3n) is 6.87. The highest BCUT2D eigenvalue weighted by Gasteiger charge is 2.15. The second-order valence-electron chi connectivity index (χ2n) is 9.25. The Labute approximate surface area is 225 Å². The summed E-state index contributed by atoms with van der Waals surface area (Å²) in [6, 6.07) is 42.5. The van der Waals surface area contributed by atoms with Crippen molar-refractivity contribution in [3.05, 3.63) is 139 Å². The maximum Gasteiger partial charge on any atom is 0.188 e. The fourth-order valence-corrected chi connectivity index (χ4v) is 5.01. The number of nitrogens with zero attached hydrogens (tertiary/aromatic N) is 5. The van der Waals surface area contributed by atoms with Crippen LogP contribution < -0.4 is 0 Å². The Morgan fingerprint density at radius 1 is 0.487 bits per heavy atom. The molecule has 2 aromatic heterocycles. The number of fused-ring (bicyclic) bond motifs is 3. The van der Waals surface area contributed by atoms with E-state index >= 15 is 0 Å². The van der Waals surface area contributed by atoms with Gasteiger partial charge in [0.2, 0.25) is 0 Å². The van der Waals surface area contributed by atoms with Crippen LogP contribution in [0.1, 0.15) is 0 Å². The van der Waals surface area contributed by atoms with E-state index in [0.717, 1.165) is 44.2 Å². The van der Waals surface area contributed by atoms with Crippen molar-refractivity contribution in [2.75, 3.05) is 0 Å². The Bertz CT molecular complexity index is 1940. The second kappa shape index (κ2) is 9.37. The molecule has 0 radical (unpaired) electrons. The Hall–Kier alpha value is -5.60. The topological polar surface area (TPSA) is 48.0 Å². The van der Waals surface area contributed by atoms with Gasteiger partial charge in [0, 0.05) is 27.8 Å². The van der Waals surface area contributed by atoms with Crippen LogP contribution in [0.4, 0.5) is 5.69 Å². The fraction of sp³-hybridized carbons (Fsp3) is 0. The summed E-state index contributed by atoms with van der Waals surface area (Å²) < 4.78 is 2.24. The summed E-state index contributed by atoms with van der Waals surface area (Å²) >= 11 is 0. The van der Waals surface area contributed by atoms with Gasteiger partial charge in [-0.1, -0.05) is 84.9 Å². The predicted octanol–water partition coefficient (Wildman–Crippen LogP) is 8.52. The van der Waals surface area contributed by atoms with Crippen LogP contribution in [-0.4, -0.2) is 19.5 Å². The van der Waals surface area contributed by atoms with Crippen molar-refractivity contribution in [1.29, 1.82) is 0 Å². The number of hydrogen-bond donors (Lipinski definition) is 0. The normalized spacial score (nSPS) is 11.1. The van der Waals surface area contributed by atoms with E-state index in [1.807, 2.05) is 91.0 Å². The molecule has 39 heavy (non-hydrogen) atoms. The lowest BCUT2D eigenvalue weighted by Crippen LogP contribution is -2.00. The molecule has 0 unspecified atom stereocenters. The van der Waals surface area contributed by atoms with Crippen LogP contribution in [0.15, 0.2) is 127 Å². The molecule has 0 spiro atoms. The molecule has 7 aromatic rings. The first-order chi connectivity index (χ1) is 19.3. The lowest BCUT2D eigenvalue weighted by molar-refractivity contribution is 1.07. The Morgan fingerprint density at radius 2 is 1.00 bits per heavy atom. The number of aromatic nitrogens is 4. The van der Waals surface area contributed by atoms with E-state index in [1.54, 1.807) is 0 Å². The highest BCUT2D eigenvalue weighted by atomic mass is 15.0. The lowest BCUT2D eigenvalue weighted by Gasteiger charge is -2.10. The van der Waals surface area contributed by atoms with E-state index in [1.165, 1.54) is 0 Å². The van der Waals surface area contributed by atoms with Gasteiger partial charge in [0.1, 0.15) is 0 Å². The molecule has 5 heteroatoms. The van der Waals surface area contributed by atoms with Gasteiger partial charge in [-0.3, -0.25) is 0 Å². The van der Waals surface area contributed by atoms with Crippen LogP contribution in [0.3, 0.4) is 0 Å². The van der Waals surface area contributed by atoms with E-state index in [2.05, 4.69) is 45.8 Å². The van der Waals surface area contributed by atoms with Gasteiger partial charge in [-0.2, -0.15) is 0 Å². The van der Waals surface area contributed by atoms with Gasteiger partial charge in [-0.15, -0.1) is 0 Å². The third kappa shape index (κ3) is 4.01. The first-order valence-corrected chi connectivity index (χ1v) is 12.7. The molecular weight excluding hydrogens is 478 g/mol. The Morgan fingerprint density at radius 3 is 1.59 bits per heavy atom. The van der Waals surface area contributed by atoms with E-state index in [9.17, 15) is 0 Å². The van der Waals surface area contributed by atoms with E-state index in [4.69, 9.17) is 21.5 Å². The summed E-state index contributed by atoms with van der Waals surface area (Å²) in [7, 11) is 0. The fourth-order valence-electron chi connectivity index (χ4n) is 5.01. The minimum Gasteiger partial charge on any atom is -0.309 e. The van der Waals surface area contributed by atoms with Gasteiger partial charge in [0.05, 0.1) is 17.6 Å². The largest absolute Gasteiger partial charge is 0.309 e. The summed E-state index contributed by atoms with van der Waals surface area (Å²) in [5.74, 6) is 1.90. The van der Waals surface area contributed by atoms with E-state index < -0.39 is 0 Å². The maximum atomic E-state index is 7.45. The average Bonchev–Trinajstić information content (AvgIpc) is 3.35. The van der Waals surface area contributed by atoms with Crippen LogP contribution in [0.5, 0.6) is 0 Å². The molecule has 0 saturated carbocycles. The van der Waals surface area contributed by atoms with Crippen LogP contribution in [-0.2, 0) is 0 Å². The van der Waals surface area contributed by atoms with Crippen molar-refractivity contribution in [3.63, 3.8) is 0 Å². The average molecular weight is 500 g/mol. The molecule has 5 nitrogen and oxygen atoms in total. The first kappa shape index (κ1) is 22.6. The summed E-state index contributed by atoms with van der Waals surface area (Å²) in [5.41, 5.74) is 6.62. The molecule has 0 N–H and O–H groups in total. The zero-order valence-corrected chi connectivity index (χ0v) is 20.9. The van der Waals surface area contributed by atoms with Crippen LogP contribution in [0.2, 0.25) is 0 Å². The molecule has 0 saturated heterocycles. The smallest absolute Gasteiger partial charge is 0.188 e. The van der Waals surface area contributed by atoms with E-state index in [0.29, 0.717) is 23.2 Å². The number of para-hydroxylation sites is 1. The van der Waals surface area contributed by atoms with Crippen molar-refractivity contribution in [2.45, 2.75) is 0 Å². The number of rotatable bonds is 4. The summed E-state index contributed by atoms with van der Waals surface area (Å²) in [5, 5.41) is 2.19. The third-order valence-corrected chi connectivity index (χ3v) is 6.87. The number of hydrogen-bond acceptors (Lipinski definition) is 3. The maximum absolute atomic E-state index is 7.45. The molecule has 0 atom stereocenters. The predicted molar refractivity (Wildman–Crippen MR) is 157 cm³/mol. The van der Waals surface area contributed by atoms with Gasteiger partial charge in [-0.25, -0.2) is 19.8 Å².